The van der Waals surface area contributed by atoms with E-state index in [1.54, 1.807) is 0 Å². The Morgan fingerprint density at radius 2 is 2.06 bits per heavy atom. The predicted octanol–water partition coefficient (Wildman–Crippen LogP) is 4.07. The Hall–Kier alpha value is -1.02. The maximum atomic E-state index is 6.11. The van der Waals surface area contributed by atoms with Crippen molar-refractivity contribution in [2.24, 2.45) is 0 Å². The van der Waals surface area contributed by atoms with E-state index >= 15 is 0 Å². The SMILES string of the molecule is CCC(NC)c1cccc(OC2CCCCC2)c1. The van der Waals surface area contributed by atoms with Crippen molar-refractivity contribution < 1.29 is 4.74 Å². The molecule has 0 radical (unpaired) electrons. The van der Waals surface area contributed by atoms with Gasteiger partial charge in [0, 0.05) is 6.04 Å². The van der Waals surface area contributed by atoms with Crippen molar-refractivity contribution in [1.29, 1.82) is 0 Å². The fourth-order valence-corrected chi connectivity index (χ4v) is 2.79. The van der Waals surface area contributed by atoms with Crippen molar-refractivity contribution in [3.05, 3.63) is 29.8 Å². The minimum atomic E-state index is 0.430. The molecule has 1 aromatic rings. The van der Waals surface area contributed by atoms with Crippen LogP contribution in [0.4, 0.5) is 0 Å². The first-order valence-corrected chi connectivity index (χ1v) is 7.27. The number of rotatable bonds is 5. The van der Waals surface area contributed by atoms with Crippen molar-refractivity contribution in [2.45, 2.75) is 57.6 Å². The van der Waals surface area contributed by atoms with Gasteiger partial charge >= 0.3 is 0 Å². The van der Waals surface area contributed by atoms with Crippen LogP contribution < -0.4 is 10.1 Å². The molecule has 1 saturated carbocycles. The molecule has 0 aromatic heterocycles. The van der Waals surface area contributed by atoms with Gasteiger partial charge in [-0.05, 0) is 56.8 Å². The summed E-state index contributed by atoms with van der Waals surface area (Å²) in [5.41, 5.74) is 1.33. The lowest BCUT2D eigenvalue weighted by molar-refractivity contribution is 0.155. The third-order valence-electron chi connectivity index (χ3n) is 3.87. The standard InChI is InChI=1S/C16H25NO/c1-3-16(17-2)13-8-7-11-15(12-13)18-14-9-5-4-6-10-14/h7-8,11-12,14,16-17H,3-6,9-10H2,1-2H3. The van der Waals surface area contributed by atoms with E-state index in [2.05, 4.69) is 36.5 Å². The number of benzene rings is 1. The molecular weight excluding hydrogens is 222 g/mol. The molecule has 1 aliphatic carbocycles. The van der Waals surface area contributed by atoms with Gasteiger partial charge in [-0.1, -0.05) is 25.5 Å². The molecular formula is C16H25NO. The lowest BCUT2D eigenvalue weighted by Crippen LogP contribution is -2.20. The second kappa shape index (κ2) is 6.79. The first-order chi connectivity index (χ1) is 8.83. The van der Waals surface area contributed by atoms with Crippen LogP contribution in [-0.2, 0) is 0 Å². The van der Waals surface area contributed by atoms with Crippen molar-refractivity contribution in [2.75, 3.05) is 7.05 Å². The third kappa shape index (κ3) is 3.49. The van der Waals surface area contributed by atoms with E-state index in [0.29, 0.717) is 12.1 Å². The molecule has 1 N–H and O–H groups in total. The van der Waals surface area contributed by atoms with E-state index in [9.17, 15) is 0 Å². The highest BCUT2D eigenvalue weighted by Gasteiger charge is 2.15. The summed E-state index contributed by atoms with van der Waals surface area (Å²) in [5.74, 6) is 1.04. The average Bonchev–Trinajstić information content (AvgIpc) is 2.42. The fraction of sp³-hybridized carbons (Fsp3) is 0.625. The van der Waals surface area contributed by atoms with Crippen LogP contribution in [0.2, 0.25) is 0 Å². The van der Waals surface area contributed by atoms with Crippen LogP contribution in [-0.4, -0.2) is 13.2 Å². The molecule has 0 aliphatic heterocycles. The van der Waals surface area contributed by atoms with Gasteiger partial charge in [-0.25, -0.2) is 0 Å². The number of ether oxygens (including phenoxy) is 1. The molecule has 0 heterocycles. The van der Waals surface area contributed by atoms with E-state index in [1.807, 2.05) is 7.05 Å². The zero-order valence-electron chi connectivity index (χ0n) is 11.6. The summed E-state index contributed by atoms with van der Waals surface area (Å²) in [4.78, 5) is 0. The van der Waals surface area contributed by atoms with Crippen LogP contribution in [0.25, 0.3) is 0 Å². The molecule has 2 heteroatoms. The summed E-state index contributed by atoms with van der Waals surface area (Å²) in [6.07, 6.45) is 7.97. The normalized spacial score (nSPS) is 18.6. The second-order valence-electron chi connectivity index (χ2n) is 5.20. The summed E-state index contributed by atoms with van der Waals surface area (Å²) >= 11 is 0. The quantitative estimate of drug-likeness (QED) is 0.847. The van der Waals surface area contributed by atoms with Crippen molar-refractivity contribution in [3.63, 3.8) is 0 Å². The van der Waals surface area contributed by atoms with E-state index in [0.717, 1.165) is 12.2 Å². The van der Waals surface area contributed by atoms with Crippen LogP contribution in [0, 0.1) is 0 Å². The van der Waals surface area contributed by atoms with Crippen LogP contribution in [0.5, 0.6) is 5.75 Å². The monoisotopic (exact) mass is 247 g/mol. The van der Waals surface area contributed by atoms with Gasteiger partial charge in [0.25, 0.3) is 0 Å². The zero-order chi connectivity index (χ0) is 12.8. The lowest BCUT2D eigenvalue weighted by Gasteiger charge is -2.24. The highest BCUT2D eigenvalue weighted by Crippen LogP contribution is 2.26. The molecule has 2 nitrogen and oxygen atoms in total. The highest BCUT2D eigenvalue weighted by molar-refractivity contribution is 5.30. The molecule has 0 spiro atoms. The van der Waals surface area contributed by atoms with Crippen molar-refractivity contribution in [1.82, 2.24) is 5.32 Å². The van der Waals surface area contributed by atoms with Gasteiger partial charge in [-0.2, -0.15) is 0 Å². The van der Waals surface area contributed by atoms with Crippen LogP contribution in [0.3, 0.4) is 0 Å². The first kappa shape index (κ1) is 13.4. The topological polar surface area (TPSA) is 21.3 Å². The Kier molecular flexibility index (Phi) is 5.06. The predicted molar refractivity (Wildman–Crippen MR) is 76.0 cm³/mol. The lowest BCUT2D eigenvalue weighted by atomic mass is 9.97. The Morgan fingerprint density at radius 1 is 1.28 bits per heavy atom. The first-order valence-electron chi connectivity index (χ1n) is 7.27. The minimum Gasteiger partial charge on any atom is -0.490 e. The van der Waals surface area contributed by atoms with Gasteiger partial charge in [0.2, 0.25) is 0 Å². The Morgan fingerprint density at radius 3 is 2.72 bits per heavy atom. The average molecular weight is 247 g/mol. The van der Waals surface area contributed by atoms with Gasteiger partial charge in [-0.15, -0.1) is 0 Å². The van der Waals surface area contributed by atoms with E-state index < -0.39 is 0 Å². The molecule has 1 aliphatic rings. The Bertz CT molecular complexity index is 354. The van der Waals surface area contributed by atoms with Gasteiger partial charge in [0.1, 0.15) is 5.75 Å². The van der Waals surface area contributed by atoms with E-state index in [-0.39, 0.29) is 0 Å². The summed E-state index contributed by atoms with van der Waals surface area (Å²) in [5, 5.41) is 3.34. The largest absolute Gasteiger partial charge is 0.490 e. The number of hydrogen-bond donors (Lipinski definition) is 1. The van der Waals surface area contributed by atoms with Gasteiger partial charge < -0.3 is 10.1 Å². The van der Waals surface area contributed by atoms with E-state index in [4.69, 9.17) is 4.74 Å². The third-order valence-corrected chi connectivity index (χ3v) is 3.87. The molecule has 18 heavy (non-hydrogen) atoms. The number of nitrogens with one attached hydrogen (secondary N) is 1. The molecule has 1 aromatic carbocycles. The molecule has 100 valence electrons. The van der Waals surface area contributed by atoms with Gasteiger partial charge in [0.15, 0.2) is 0 Å². The smallest absolute Gasteiger partial charge is 0.120 e. The Balaban J connectivity index is 2.01. The van der Waals surface area contributed by atoms with Crippen molar-refractivity contribution >= 4 is 0 Å². The molecule has 0 saturated heterocycles. The molecule has 2 rings (SSSR count). The molecule has 1 fully saturated rings. The van der Waals surface area contributed by atoms with Crippen LogP contribution >= 0.6 is 0 Å². The minimum absolute atomic E-state index is 0.430. The summed E-state index contributed by atoms with van der Waals surface area (Å²) in [7, 11) is 2.02. The fourth-order valence-electron chi connectivity index (χ4n) is 2.79. The Labute approximate surface area is 111 Å². The summed E-state index contributed by atoms with van der Waals surface area (Å²) in [6.45, 7) is 2.20. The zero-order valence-corrected chi connectivity index (χ0v) is 11.6. The molecule has 0 amide bonds. The number of hydrogen-bond acceptors (Lipinski definition) is 2. The molecule has 1 atom stereocenters. The second-order valence-corrected chi connectivity index (χ2v) is 5.20. The maximum Gasteiger partial charge on any atom is 0.120 e. The van der Waals surface area contributed by atoms with Crippen LogP contribution in [0.1, 0.15) is 57.1 Å². The molecule has 1 unspecified atom stereocenters. The van der Waals surface area contributed by atoms with Crippen LogP contribution in [0.15, 0.2) is 24.3 Å². The summed E-state index contributed by atoms with van der Waals surface area (Å²) < 4.78 is 6.11. The van der Waals surface area contributed by atoms with Crippen molar-refractivity contribution in [3.8, 4) is 5.75 Å². The summed E-state index contributed by atoms with van der Waals surface area (Å²) in [6, 6.07) is 8.99. The van der Waals surface area contributed by atoms with Gasteiger partial charge in [-0.3, -0.25) is 0 Å². The highest BCUT2D eigenvalue weighted by atomic mass is 16.5. The maximum absolute atomic E-state index is 6.11. The molecule has 0 bridgehead atoms. The van der Waals surface area contributed by atoms with E-state index in [1.165, 1.54) is 37.7 Å². The van der Waals surface area contributed by atoms with Gasteiger partial charge in [0.05, 0.1) is 6.10 Å².